The zero-order chi connectivity index (χ0) is 9.26. The van der Waals surface area contributed by atoms with Crippen molar-refractivity contribution in [3.8, 4) is 11.5 Å². The van der Waals surface area contributed by atoms with Crippen LogP contribution in [0.5, 0.6) is 11.5 Å². The van der Waals surface area contributed by atoms with E-state index in [0.717, 1.165) is 23.5 Å². The fourth-order valence-corrected chi connectivity index (χ4v) is 1.53. The van der Waals surface area contributed by atoms with E-state index in [-0.39, 0.29) is 6.04 Å². The molecule has 0 aliphatic carbocycles. The second-order valence-corrected chi connectivity index (χ2v) is 3.15. The molecule has 13 heavy (non-hydrogen) atoms. The van der Waals surface area contributed by atoms with E-state index < -0.39 is 0 Å². The quantitative estimate of drug-likeness (QED) is 0.710. The number of rotatable bonds is 1. The summed E-state index contributed by atoms with van der Waals surface area (Å²) in [6.07, 6.45) is 0.875. The number of ether oxygens (including phenoxy) is 2. The van der Waals surface area contributed by atoms with Gasteiger partial charge in [0.05, 0.1) is 13.7 Å². The Kier molecular flexibility index (Phi) is 2.10. The van der Waals surface area contributed by atoms with Gasteiger partial charge < -0.3 is 15.2 Å². The molecule has 0 saturated carbocycles. The molecule has 3 nitrogen and oxygen atoms in total. The predicted molar refractivity (Wildman–Crippen MR) is 50.0 cm³/mol. The maximum absolute atomic E-state index is 5.93. The van der Waals surface area contributed by atoms with Crippen molar-refractivity contribution in [2.45, 2.75) is 12.5 Å². The number of hydrogen-bond acceptors (Lipinski definition) is 3. The van der Waals surface area contributed by atoms with Gasteiger partial charge in [-0.3, -0.25) is 0 Å². The Morgan fingerprint density at radius 1 is 1.54 bits per heavy atom. The monoisotopic (exact) mass is 179 g/mol. The van der Waals surface area contributed by atoms with Crippen LogP contribution in [-0.4, -0.2) is 13.7 Å². The van der Waals surface area contributed by atoms with Crippen LogP contribution < -0.4 is 15.2 Å². The third-order valence-corrected chi connectivity index (χ3v) is 2.30. The summed E-state index contributed by atoms with van der Waals surface area (Å²) in [6, 6.07) is 5.82. The van der Waals surface area contributed by atoms with Crippen LogP contribution >= 0.6 is 0 Å². The molecule has 0 radical (unpaired) electrons. The average molecular weight is 179 g/mol. The van der Waals surface area contributed by atoms with Crippen LogP contribution in [0.3, 0.4) is 0 Å². The Balaban J connectivity index is 2.41. The molecule has 0 saturated heterocycles. The Bertz CT molecular complexity index is 312. The normalized spacial score (nSPS) is 20.3. The molecule has 2 rings (SSSR count). The lowest BCUT2D eigenvalue weighted by Crippen LogP contribution is -2.20. The Morgan fingerprint density at radius 2 is 2.38 bits per heavy atom. The van der Waals surface area contributed by atoms with Gasteiger partial charge >= 0.3 is 0 Å². The van der Waals surface area contributed by atoms with Crippen LogP contribution in [0.15, 0.2) is 18.2 Å². The molecule has 0 bridgehead atoms. The van der Waals surface area contributed by atoms with Gasteiger partial charge in [0.25, 0.3) is 0 Å². The van der Waals surface area contributed by atoms with Gasteiger partial charge in [-0.05, 0) is 18.2 Å². The van der Waals surface area contributed by atoms with E-state index in [1.54, 1.807) is 7.11 Å². The second kappa shape index (κ2) is 3.26. The van der Waals surface area contributed by atoms with Crippen molar-refractivity contribution in [1.29, 1.82) is 0 Å². The molecule has 2 N–H and O–H groups in total. The molecule has 3 heteroatoms. The molecule has 1 aromatic rings. The average Bonchev–Trinajstić information content (AvgIpc) is 2.18. The van der Waals surface area contributed by atoms with Crippen LogP contribution in [-0.2, 0) is 0 Å². The lowest BCUT2D eigenvalue weighted by Gasteiger charge is -2.23. The van der Waals surface area contributed by atoms with Crippen molar-refractivity contribution in [2.75, 3.05) is 13.7 Å². The zero-order valence-corrected chi connectivity index (χ0v) is 7.62. The number of fused-ring (bicyclic) bond motifs is 1. The van der Waals surface area contributed by atoms with Crippen molar-refractivity contribution >= 4 is 0 Å². The van der Waals surface area contributed by atoms with E-state index in [2.05, 4.69) is 0 Å². The summed E-state index contributed by atoms with van der Waals surface area (Å²) < 4.78 is 10.6. The van der Waals surface area contributed by atoms with E-state index in [4.69, 9.17) is 15.2 Å². The molecular formula is C10H13NO2. The smallest absolute Gasteiger partial charge is 0.124 e. The fourth-order valence-electron chi connectivity index (χ4n) is 1.53. The topological polar surface area (TPSA) is 44.5 Å². The molecule has 1 aromatic carbocycles. The largest absolute Gasteiger partial charge is 0.497 e. The highest BCUT2D eigenvalue weighted by atomic mass is 16.5. The van der Waals surface area contributed by atoms with Crippen LogP contribution in [0.4, 0.5) is 0 Å². The van der Waals surface area contributed by atoms with Gasteiger partial charge in [-0.1, -0.05) is 0 Å². The van der Waals surface area contributed by atoms with Crippen LogP contribution in [0, 0.1) is 0 Å². The van der Waals surface area contributed by atoms with E-state index in [9.17, 15) is 0 Å². The van der Waals surface area contributed by atoms with Gasteiger partial charge in [-0.25, -0.2) is 0 Å². The first kappa shape index (κ1) is 8.38. The molecule has 0 spiro atoms. The summed E-state index contributed by atoms with van der Waals surface area (Å²) in [5, 5.41) is 0. The van der Waals surface area contributed by atoms with E-state index >= 15 is 0 Å². The lowest BCUT2D eigenvalue weighted by molar-refractivity contribution is 0.268. The fraction of sp³-hybridized carbons (Fsp3) is 0.400. The summed E-state index contributed by atoms with van der Waals surface area (Å²) >= 11 is 0. The van der Waals surface area contributed by atoms with Gasteiger partial charge in [-0.15, -0.1) is 0 Å². The minimum atomic E-state index is 0.0823. The molecule has 1 heterocycles. The summed E-state index contributed by atoms with van der Waals surface area (Å²) in [5.74, 6) is 1.72. The highest BCUT2D eigenvalue weighted by molar-refractivity contribution is 5.43. The van der Waals surface area contributed by atoms with Crippen LogP contribution in [0.1, 0.15) is 18.0 Å². The van der Waals surface area contributed by atoms with Crippen LogP contribution in [0.2, 0.25) is 0 Å². The van der Waals surface area contributed by atoms with Crippen LogP contribution in [0.25, 0.3) is 0 Å². The summed E-state index contributed by atoms with van der Waals surface area (Å²) in [5.41, 5.74) is 6.98. The summed E-state index contributed by atoms with van der Waals surface area (Å²) in [6.45, 7) is 0.709. The van der Waals surface area contributed by atoms with Gasteiger partial charge in [0.2, 0.25) is 0 Å². The predicted octanol–water partition coefficient (Wildman–Crippen LogP) is 1.48. The van der Waals surface area contributed by atoms with Crippen molar-refractivity contribution < 1.29 is 9.47 Å². The molecule has 70 valence electrons. The van der Waals surface area contributed by atoms with E-state index in [1.807, 2.05) is 18.2 Å². The van der Waals surface area contributed by atoms with E-state index in [0.29, 0.717) is 6.61 Å². The third-order valence-electron chi connectivity index (χ3n) is 2.30. The first-order valence-electron chi connectivity index (χ1n) is 4.37. The van der Waals surface area contributed by atoms with E-state index in [1.165, 1.54) is 0 Å². The van der Waals surface area contributed by atoms with Gasteiger partial charge in [0.1, 0.15) is 11.5 Å². The molecule has 1 aliphatic rings. The van der Waals surface area contributed by atoms with Crippen molar-refractivity contribution in [2.24, 2.45) is 5.73 Å². The number of benzene rings is 1. The summed E-state index contributed by atoms with van der Waals surface area (Å²) in [7, 11) is 1.65. The van der Waals surface area contributed by atoms with Gasteiger partial charge in [0, 0.05) is 18.0 Å². The number of nitrogens with two attached hydrogens (primary N) is 1. The second-order valence-electron chi connectivity index (χ2n) is 3.15. The third kappa shape index (κ3) is 1.47. The van der Waals surface area contributed by atoms with Gasteiger partial charge in [-0.2, -0.15) is 0 Å². The Hall–Kier alpha value is -1.22. The van der Waals surface area contributed by atoms with Crippen molar-refractivity contribution in [3.63, 3.8) is 0 Å². The molecule has 1 aliphatic heterocycles. The van der Waals surface area contributed by atoms with Crippen molar-refractivity contribution in [3.05, 3.63) is 23.8 Å². The number of methoxy groups -OCH3 is 1. The lowest BCUT2D eigenvalue weighted by atomic mass is 10.0. The minimum absolute atomic E-state index is 0.0823. The standard InChI is InChI=1S/C10H13NO2/c1-12-7-2-3-10-8(6-7)9(11)4-5-13-10/h2-3,6,9H,4-5,11H2,1H3/t9-/m0/s1. The maximum Gasteiger partial charge on any atom is 0.124 e. The summed E-state index contributed by atoms with van der Waals surface area (Å²) in [4.78, 5) is 0. The molecular weight excluding hydrogens is 166 g/mol. The molecule has 1 atom stereocenters. The highest BCUT2D eigenvalue weighted by Crippen LogP contribution is 2.33. The molecule has 0 unspecified atom stereocenters. The SMILES string of the molecule is COc1ccc2c(c1)[C@@H](N)CCO2. The minimum Gasteiger partial charge on any atom is -0.497 e. The first-order valence-corrected chi connectivity index (χ1v) is 4.37. The Labute approximate surface area is 77.5 Å². The maximum atomic E-state index is 5.93. The number of hydrogen-bond donors (Lipinski definition) is 1. The highest BCUT2D eigenvalue weighted by Gasteiger charge is 2.18. The van der Waals surface area contributed by atoms with Gasteiger partial charge in [0.15, 0.2) is 0 Å². The molecule has 0 aromatic heterocycles. The Morgan fingerprint density at radius 3 is 3.15 bits per heavy atom. The first-order chi connectivity index (χ1) is 6.31. The molecule has 0 fully saturated rings. The van der Waals surface area contributed by atoms with Crippen molar-refractivity contribution in [1.82, 2.24) is 0 Å². The zero-order valence-electron chi connectivity index (χ0n) is 7.62. The molecule has 0 amide bonds.